The standard InChI is InChI=1S/C70H48N2S2/c1-45-41-51(37-39-61(45)71(65-29-15-25-59-57-23-9-13-31-67(57)73-69(59)65)63-27-11-7-21-55(63)53-35-33-47-17-3-5-19-49(47)43-53)52-38-40-62(46(2)42-52)72(66-30-16-26-60-58-24-10-14-32-68(58)74-70(60)66)64-28-12-8-22-56(64)54-36-34-48-18-4-6-20-50(48)44-54/h3-44H,1-2H3. The summed E-state index contributed by atoms with van der Waals surface area (Å²) < 4.78 is 5.13. The van der Waals surface area contributed by atoms with Crippen LogP contribution in [0.4, 0.5) is 34.1 Å². The van der Waals surface area contributed by atoms with Gasteiger partial charge >= 0.3 is 0 Å². The van der Waals surface area contributed by atoms with Crippen LogP contribution in [0.5, 0.6) is 0 Å². The van der Waals surface area contributed by atoms with E-state index in [-0.39, 0.29) is 0 Å². The molecule has 0 amide bonds. The number of rotatable bonds is 9. The van der Waals surface area contributed by atoms with E-state index < -0.39 is 0 Å². The molecule has 350 valence electrons. The van der Waals surface area contributed by atoms with Crippen LogP contribution < -0.4 is 9.80 Å². The lowest BCUT2D eigenvalue weighted by molar-refractivity contribution is 1.26. The van der Waals surface area contributed by atoms with Crippen molar-refractivity contribution in [2.24, 2.45) is 0 Å². The summed E-state index contributed by atoms with van der Waals surface area (Å²) in [6.07, 6.45) is 0. The van der Waals surface area contributed by atoms with Crippen LogP contribution in [0.2, 0.25) is 0 Å². The Labute approximate surface area is 438 Å². The van der Waals surface area contributed by atoms with Crippen molar-refractivity contribution in [1.29, 1.82) is 0 Å². The van der Waals surface area contributed by atoms with Gasteiger partial charge in [-0.1, -0.05) is 182 Å². The van der Waals surface area contributed by atoms with Crippen molar-refractivity contribution in [2.45, 2.75) is 13.8 Å². The van der Waals surface area contributed by atoms with E-state index in [0.29, 0.717) is 0 Å². The second kappa shape index (κ2) is 18.0. The molecule has 2 nitrogen and oxygen atoms in total. The molecule has 2 aromatic heterocycles. The van der Waals surface area contributed by atoms with Gasteiger partial charge in [-0.3, -0.25) is 0 Å². The highest BCUT2D eigenvalue weighted by atomic mass is 32.1. The predicted molar refractivity (Wildman–Crippen MR) is 322 cm³/mol. The van der Waals surface area contributed by atoms with Crippen LogP contribution >= 0.6 is 22.7 Å². The first-order valence-corrected chi connectivity index (χ1v) is 26.9. The van der Waals surface area contributed by atoms with E-state index in [0.717, 1.165) is 22.7 Å². The number of aryl methyl sites for hydroxylation is 2. The predicted octanol–water partition coefficient (Wildman–Crippen LogP) is 21.3. The molecule has 2 heterocycles. The topological polar surface area (TPSA) is 6.48 Å². The molecular formula is C70H48N2S2. The summed E-state index contributed by atoms with van der Waals surface area (Å²) >= 11 is 3.75. The van der Waals surface area contributed by atoms with E-state index in [1.165, 1.54) is 118 Å². The van der Waals surface area contributed by atoms with Crippen LogP contribution in [0.3, 0.4) is 0 Å². The molecule has 0 aliphatic carbocycles. The smallest absolute Gasteiger partial charge is 0.0640 e. The quantitative estimate of drug-likeness (QED) is 0.142. The summed E-state index contributed by atoms with van der Waals surface area (Å²) in [7, 11) is 0. The highest BCUT2D eigenvalue weighted by Crippen LogP contribution is 2.51. The van der Waals surface area contributed by atoms with Crippen molar-refractivity contribution >= 4 is 119 Å². The Morgan fingerprint density at radius 1 is 0.257 bits per heavy atom. The van der Waals surface area contributed by atoms with Gasteiger partial charge < -0.3 is 9.80 Å². The second-order valence-electron chi connectivity index (χ2n) is 19.3. The lowest BCUT2D eigenvalue weighted by Gasteiger charge is -2.30. The van der Waals surface area contributed by atoms with Crippen LogP contribution in [0.1, 0.15) is 11.1 Å². The molecule has 0 atom stereocenters. The maximum atomic E-state index is 2.51. The first-order valence-electron chi connectivity index (χ1n) is 25.3. The number of para-hydroxylation sites is 2. The van der Waals surface area contributed by atoms with E-state index >= 15 is 0 Å². The fourth-order valence-electron chi connectivity index (χ4n) is 11.3. The van der Waals surface area contributed by atoms with Gasteiger partial charge in [0.2, 0.25) is 0 Å². The summed E-state index contributed by atoms with van der Waals surface area (Å²) in [5, 5.41) is 10.1. The van der Waals surface area contributed by atoms with Crippen LogP contribution in [0.25, 0.3) is 95.3 Å². The third-order valence-electron chi connectivity index (χ3n) is 14.9. The van der Waals surface area contributed by atoms with Crippen molar-refractivity contribution in [1.82, 2.24) is 0 Å². The number of benzene rings is 12. The van der Waals surface area contributed by atoms with Gasteiger partial charge in [0.25, 0.3) is 0 Å². The minimum atomic E-state index is 1.14. The molecule has 0 saturated carbocycles. The molecule has 0 aliphatic rings. The average Bonchev–Trinajstić information content (AvgIpc) is 4.04. The lowest BCUT2D eigenvalue weighted by atomic mass is 9.96. The molecule has 0 unspecified atom stereocenters. The van der Waals surface area contributed by atoms with Crippen molar-refractivity contribution < 1.29 is 0 Å². The number of anilines is 6. The van der Waals surface area contributed by atoms with E-state index in [9.17, 15) is 0 Å². The Morgan fingerprint density at radius 3 is 1.08 bits per heavy atom. The van der Waals surface area contributed by atoms with Gasteiger partial charge in [-0.25, -0.2) is 0 Å². The third kappa shape index (κ3) is 7.45. The van der Waals surface area contributed by atoms with Crippen LogP contribution in [-0.4, -0.2) is 0 Å². The highest BCUT2D eigenvalue weighted by Gasteiger charge is 2.25. The van der Waals surface area contributed by atoms with Gasteiger partial charge in [0.1, 0.15) is 0 Å². The fraction of sp³-hybridized carbons (Fsp3) is 0.0286. The Kier molecular flexibility index (Phi) is 10.7. The molecule has 14 aromatic rings. The Balaban J connectivity index is 0.912. The average molecular weight is 981 g/mol. The first kappa shape index (κ1) is 43.9. The summed E-state index contributed by atoms with van der Waals surface area (Å²) in [6, 6.07) is 94.1. The molecule has 0 radical (unpaired) electrons. The second-order valence-corrected chi connectivity index (χ2v) is 21.4. The zero-order chi connectivity index (χ0) is 49.3. The van der Waals surface area contributed by atoms with Gasteiger partial charge in [-0.2, -0.15) is 0 Å². The molecule has 74 heavy (non-hydrogen) atoms. The zero-order valence-electron chi connectivity index (χ0n) is 41.0. The number of hydrogen-bond acceptors (Lipinski definition) is 4. The Hall–Kier alpha value is -8.80. The number of hydrogen-bond donors (Lipinski definition) is 0. The molecule has 12 aromatic carbocycles. The summed E-state index contributed by atoms with van der Waals surface area (Å²) in [5.74, 6) is 0. The Bertz CT molecular complexity index is 4210. The maximum Gasteiger partial charge on any atom is 0.0640 e. The molecular weight excluding hydrogens is 933 g/mol. The van der Waals surface area contributed by atoms with Crippen LogP contribution in [-0.2, 0) is 0 Å². The normalized spacial score (nSPS) is 11.6. The highest BCUT2D eigenvalue weighted by molar-refractivity contribution is 7.26. The first-order chi connectivity index (χ1) is 36.5. The van der Waals surface area contributed by atoms with Gasteiger partial charge in [-0.15, -0.1) is 22.7 Å². The monoisotopic (exact) mass is 980 g/mol. The van der Waals surface area contributed by atoms with Gasteiger partial charge in [0.05, 0.1) is 32.1 Å². The lowest BCUT2D eigenvalue weighted by Crippen LogP contribution is -2.13. The number of thiophene rings is 2. The molecule has 14 rings (SSSR count). The molecule has 0 bridgehead atoms. The van der Waals surface area contributed by atoms with Crippen LogP contribution in [0.15, 0.2) is 255 Å². The molecule has 0 aliphatic heterocycles. The molecule has 0 spiro atoms. The summed E-state index contributed by atoms with van der Waals surface area (Å²) in [6.45, 7) is 4.54. The SMILES string of the molecule is Cc1cc(-c2ccc(N(c3ccccc3-c3ccc4ccccc4c3)c3cccc4c3sc3ccccc34)c(C)c2)ccc1N(c1ccccc1-c1ccc2ccccc2c1)c1cccc2c1sc1ccccc12. The number of fused-ring (bicyclic) bond motifs is 8. The Morgan fingerprint density at radius 2 is 0.622 bits per heavy atom. The van der Waals surface area contributed by atoms with Gasteiger partial charge in [-0.05, 0) is 142 Å². The largest absolute Gasteiger partial charge is 0.308 e. The molecule has 0 saturated heterocycles. The molecule has 0 fully saturated rings. The molecule has 4 heteroatoms. The van der Waals surface area contributed by atoms with E-state index in [4.69, 9.17) is 0 Å². The summed E-state index contributed by atoms with van der Waals surface area (Å²) in [5.41, 5.74) is 16.4. The zero-order valence-corrected chi connectivity index (χ0v) is 42.6. The van der Waals surface area contributed by atoms with Crippen molar-refractivity contribution in [3.8, 4) is 33.4 Å². The number of nitrogens with zero attached hydrogens (tertiary/aromatic N) is 2. The van der Waals surface area contributed by atoms with Crippen molar-refractivity contribution in [2.75, 3.05) is 9.80 Å². The van der Waals surface area contributed by atoms with Gasteiger partial charge in [0, 0.05) is 53.4 Å². The van der Waals surface area contributed by atoms with Gasteiger partial charge in [0.15, 0.2) is 0 Å². The van der Waals surface area contributed by atoms with Crippen molar-refractivity contribution in [3.63, 3.8) is 0 Å². The maximum absolute atomic E-state index is 2.51. The third-order valence-corrected chi connectivity index (χ3v) is 17.3. The molecule has 0 N–H and O–H groups in total. The summed E-state index contributed by atoms with van der Waals surface area (Å²) in [4.78, 5) is 5.02. The van der Waals surface area contributed by atoms with E-state index in [1.807, 2.05) is 22.7 Å². The van der Waals surface area contributed by atoms with Crippen LogP contribution in [0, 0.1) is 13.8 Å². The van der Waals surface area contributed by atoms with E-state index in [1.54, 1.807) is 0 Å². The minimum absolute atomic E-state index is 1.14. The minimum Gasteiger partial charge on any atom is -0.308 e. The van der Waals surface area contributed by atoms with Crippen molar-refractivity contribution in [3.05, 3.63) is 266 Å². The fourth-order valence-corrected chi connectivity index (χ4v) is 13.7. The van der Waals surface area contributed by atoms with E-state index in [2.05, 4.69) is 278 Å².